The van der Waals surface area contributed by atoms with Gasteiger partial charge in [-0.2, -0.15) is 0 Å². The topological polar surface area (TPSA) is 58.6 Å². The van der Waals surface area contributed by atoms with Crippen molar-refractivity contribution in [3.05, 3.63) is 29.8 Å². The molecule has 0 saturated heterocycles. The third-order valence-corrected chi connectivity index (χ3v) is 3.53. The third kappa shape index (κ3) is 4.76. The van der Waals surface area contributed by atoms with Crippen LogP contribution in [0.1, 0.15) is 39.2 Å². The summed E-state index contributed by atoms with van der Waals surface area (Å²) in [5, 5.41) is 2.81. The molecular formula is C17H26N2O3. The van der Waals surface area contributed by atoms with Crippen LogP contribution >= 0.6 is 0 Å². The van der Waals surface area contributed by atoms with Crippen molar-refractivity contribution in [2.45, 2.75) is 46.2 Å². The molecular weight excluding hydrogens is 280 g/mol. The summed E-state index contributed by atoms with van der Waals surface area (Å²) in [5.74, 6) is 0.614. The van der Waals surface area contributed by atoms with Gasteiger partial charge in [-0.1, -0.05) is 26.0 Å². The number of rotatable bonds is 8. The van der Waals surface area contributed by atoms with Gasteiger partial charge >= 0.3 is 0 Å². The van der Waals surface area contributed by atoms with Gasteiger partial charge in [0, 0.05) is 19.5 Å². The quantitative estimate of drug-likeness (QED) is 0.802. The van der Waals surface area contributed by atoms with Gasteiger partial charge in [0.1, 0.15) is 11.8 Å². The Bertz CT molecular complexity index is 502. The summed E-state index contributed by atoms with van der Waals surface area (Å²) in [5.41, 5.74) is 0.948. The van der Waals surface area contributed by atoms with Crippen molar-refractivity contribution < 1.29 is 14.3 Å². The van der Waals surface area contributed by atoms with Crippen molar-refractivity contribution in [2.24, 2.45) is 0 Å². The highest BCUT2D eigenvalue weighted by atomic mass is 16.5. The monoisotopic (exact) mass is 306 g/mol. The Morgan fingerprint density at radius 1 is 1.27 bits per heavy atom. The lowest BCUT2D eigenvalue weighted by molar-refractivity contribution is -0.141. The van der Waals surface area contributed by atoms with Crippen molar-refractivity contribution in [1.82, 2.24) is 10.2 Å². The van der Waals surface area contributed by atoms with E-state index >= 15 is 0 Å². The molecule has 1 aromatic carbocycles. The zero-order valence-electron chi connectivity index (χ0n) is 13.9. The number of methoxy groups -OCH3 is 1. The Morgan fingerprint density at radius 3 is 2.55 bits per heavy atom. The summed E-state index contributed by atoms with van der Waals surface area (Å²) in [6, 6.07) is 7.12. The molecule has 1 rings (SSSR count). The molecule has 5 heteroatoms. The second-order valence-electron chi connectivity index (χ2n) is 5.05. The smallest absolute Gasteiger partial charge is 0.242 e. The SMILES string of the molecule is CCNC(=O)[C@@H](CC)N(Cc1cccc(OC)c1)C(=O)CC. The molecule has 0 aromatic heterocycles. The number of carbonyl (C=O) groups is 2. The molecule has 0 fully saturated rings. The fraction of sp³-hybridized carbons (Fsp3) is 0.529. The lowest BCUT2D eigenvalue weighted by Gasteiger charge is -2.30. The normalized spacial score (nSPS) is 11.6. The van der Waals surface area contributed by atoms with Crippen molar-refractivity contribution in [3.8, 4) is 5.75 Å². The van der Waals surface area contributed by atoms with Crippen LogP contribution < -0.4 is 10.1 Å². The van der Waals surface area contributed by atoms with Crippen LogP contribution in [0, 0.1) is 0 Å². The molecule has 1 aromatic rings. The average molecular weight is 306 g/mol. The molecule has 0 radical (unpaired) electrons. The van der Waals surface area contributed by atoms with E-state index in [-0.39, 0.29) is 11.8 Å². The van der Waals surface area contributed by atoms with Gasteiger partial charge in [0.05, 0.1) is 7.11 Å². The lowest BCUT2D eigenvalue weighted by Crippen LogP contribution is -2.48. The van der Waals surface area contributed by atoms with E-state index in [0.717, 1.165) is 11.3 Å². The van der Waals surface area contributed by atoms with Gasteiger partial charge < -0.3 is 15.0 Å². The predicted molar refractivity (Wildman–Crippen MR) is 86.6 cm³/mol. The first-order valence-electron chi connectivity index (χ1n) is 7.77. The molecule has 0 heterocycles. The van der Waals surface area contributed by atoms with Crippen LogP contribution in [-0.2, 0) is 16.1 Å². The molecule has 1 atom stereocenters. The Hall–Kier alpha value is -2.04. The fourth-order valence-corrected chi connectivity index (χ4v) is 2.38. The number of benzene rings is 1. The third-order valence-electron chi connectivity index (χ3n) is 3.53. The second-order valence-corrected chi connectivity index (χ2v) is 5.05. The van der Waals surface area contributed by atoms with E-state index in [1.54, 1.807) is 12.0 Å². The molecule has 22 heavy (non-hydrogen) atoms. The standard InChI is InChI=1S/C17H26N2O3/c1-5-15(17(21)18-7-3)19(16(20)6-2)12-13-9-8-10-14(11-13)22-4/h8-11,15H,5-7,12H2,1-4H3,(H,18,21)/t15-/m1/s1. The summed E-state index contributed by atoms with van der Waals surface area (Å²) in [6.45, 7) is 6.56. The van der Waals surface area contributed by atoms with E-state index < -0.39 is 6.04 Å². The van der Waals surface area contributed by atoms with E-state index in [0.29, 0.717) is 25.9 Å². The molecule has 122 valence electrons. The highest BCUT2D eigenvalue weighted by Crippen LogP contribution is 2.17. The van der Waals surface area contributed by atoms with E-state index in [1.807, 2.05) is 45.0 Å². The van der Waals surface area contributed by atoms with Gasteiger partial charge in [0.15, 0.2) is 0 Å². The molecule has 0 bridgehead atoms. The molecule has 0 aliphatic heterocycles. The van der Waals surface area contributed by atoms with Crippen LogP contribution in [0.3, 0.4) is 0 Å². The number of hydrogen-bond donors (Lipinski definition) is 1. The van der Waals surface area contributed by atoms with Gasteiger partial charge in [-0.05, 0) is 31.0 Å². The van der Waals surface area contributed by atoms with Gasteiger partial charge in [0.25, 0.3) is 0 Å². The number of amides is 2. The highest BCUT2D eigenvalue weighted by molar-refractivity contribution is 5.87. The van der Waals surface area contributed by atoms with E-state index in [4.69, 9.17) is 4.74 Å². The van der Waals surface area contributed by atoms with Gasteiger partial charge in [0.2, 0.25) is 11.8 Å². The number of nitrogens with zero attached hydrogens (tertiary/aromatic N) is 1. The number of carbonyl (C=O) groups excluding carboxylic acids is 2. The van der Waals surface area contributed by atoms with Gasteiger partial charge in [-0.15, -0.1) is 0 Å². The molecule has 0 saturated carbocycles. The number of ether oxygens (including phenoxy) is 1. The van der Waals surface area contributed by atoms with Crippen LogP contribution in [0.15, 0.2) is 24.3 Å². The molecule has 0 unspecified atom stereocenters. The first-order chi connectivity index (χ1) is 10.6. The fourth-order valence-electron chi connectivity index (χ4n) is 2.38. The predicted octanol–water partition coefficient (Wildman–Crippen LogP) is 2.35. The van der Waals surface area contributed by atoms with Crippen LogP contribution in [0.2, 0.25) is 0 Å². The molecule has 1 N–H and O–H groups in total. The molecule has 5 nitrogen and oxygen atoms in total. The molecule has 2 amide bonds. The number of hydrogen-bond acceptors (Lipinski definition) is 3. The zero-order valence-corrected chi connectivity index (χ0v) is 13.9. The Kier molecular flexibility index (Phi) is 7.43. The Labute approximate surface area is 132 Å². The van der Waals surface area contributed by atoms with Gasteiger partial charge in [-0.3, -0.25) is 9.59 Å². The Morgan fingerprint density at radius 2 is 2.00 bits per heavy atom. The second kappa shape index (κ2) is 9.07. The van der Waals surface area contributed by atoms with E-state index in [1.165, 1.54) is 0 Å². The van der Waals surface area contributed by atoms with Crippen LogP contribution in [0.25, 0.3) is 0 Å². The maximum atomic E-state index is 12.3. The van der Waals surface area contributed by atoms with Crippen molar-refractivity contribution in [2.75, 3.05) is 13.7 Å². The van der Waals surface area contributed by atoms with Crippen molar-refractivity contribution >= 4 is 11.8 Å². The van der Waals surface area contributed by atoms with Crippen molar-refractivity contribution in [1.29, 1.82) is 0 Å². The van der Waals surface area contributed by atoms with Crippen LogP contribution in [0.5, 0.6) is 5.75 Å². The highest BCUT2D eigenvalue weighted by Gasteiger charge is 2.27. The largest absolute Gasteiger partial charge is 0.497 e. The number of nitrogens with one attached hydrogen (secondary N) is 1. The summed E-state index contributed by atoms with van der Waals surface area (Å²) < 4.78 is 5.21. The van der Waals surface area contributed by atoms with E-state index in [2.05, 4.69) is 5.32 Å². The maximum absolute atomic E-state index is 12.3. The zero-order chi connectivity index (χ0) is 16.5. The van der Waals surface area contributed by atoms with Crippen LogP contribution in [0.4, 0.5) is 0 Å². The molecule has 0 spiro atoms. The first-order valence-corrected chi connectivity index (χ1v) is 7.77. The lowest BCUT2D eigenvalue weighted by atomic mass is 10.1. The minimum Gasteiger partial charge on any atom is -0.497 e. The first kappa shape index (κ1) is 18.0. The summed E-state index contributed by atoms with van der Waals surface area (Å²) in [6.07, 6.45) is 0.960. The summed E-state index contributed by atoms with van der Waals surface area (Å²) in [4.78, 5) is 26.2. The van der Waals surface area contributed by atoms with Crippen molar-refractivity contribution in [3.63, 3.8) is 0 Å². The minimum atomic E-state index is -0.446. The number of likely N-dealkylation sites (N-methyl/N-ethyl adjacent to an activating group) is 1. The summed E-state index contributed by atoms with van der Waals surface area (Å²) in [7, 11) is 1.61. The van der Waals surface area contributed by atoms with Crippen LogP contribution in [-0.4, -0.2) is 36.4 Å². The minimum absolute atomic E-state index is 0.0269. The molecule has 0 aliphatic rings. The summed E-state index contributed by atoms with van der Waals surface area (Å²) >= 11 is 0. The Balaban J connectivity index is 3.00. The molecule has 0 aliphatic carbocycles. The maximum Gasteiger partial charge on any atom is 0.242 e. The van der Waals surface area contributed by atoms with E-state index in [9.17, 15) is 9.59 Å². The average Bonchev–Trinajstić information content (AvgIpc) is 2.54. The van der Waals surface area contributed by atoms with Gasteiger partial charge in [-0.25, -0.2) is 0 Å².